The zero-order chi connectivity index (χ0) is 11.8. The summed E-state index contributed by atoms with van der Waals surface area (Å²) in [5.41, 5.74) is -0.104. The minimum atomic E-state index is -0.104. The topological polar surface area (TPSA) is 29.1 Å². The van der Waals surface area contributed by atoms with Crippen molar-refractivity contribution < 1.29 is 4.79 Å². The van der Waals surface area contributed by atoms with Gasteiger partial charge in [0.1, 0.15) is 0 Å². The Morgan fingerprint density at radius 2 is 1.94 bits per heavy atom. The number of halogens is 1. The highest BCUT2D eigenvalue weighted by Crippen LogP contribution is 2.39. The summed E-state index contributed by atoms with van der Waals surface area (Å²) in [6.07, 6.45) is 5.52. The Hall–Kier alpha value is -0.240. The van der Waals surface area contributed by atoms with Crippen LogP contribution in [0.3, 0.4) is 0 Å². The Balaban J connectivity index is 1.91. The van der Waals surface area contributed by atoms with Crippen molar-refractivity contribution in [2.24, 2.45) is 17.8 Å². The summed E-state index contributed by atoms with van der Waals surface area (Å²) in [7, 11) is 0. The molecular formula is C13H22ClNO. The van der Waals surface area contributed by atoms with Crippen LogP contribution in [0.2, 0.25) is 0 Å². The smallest absolute Gasteiger partial charge is 0.223 e. The van der Waals surface area contributed by atoms with Gasteiger partial charge in [0.25, 0.3) is 0 Å². The SMILES string of the molecule is CC1CCC(CCl)(NC(=O)C2CC2C)CC1. The third kappa shape index (κ3) is 2.53. The van der Waals surface area contributed by atoms with Gasteiger partial charge in [0.05, 0.1) is 5.54 Å². The first-order valence-electron chi connectivity index (χ1n) is 6.44. The predicted octanol–water partition coefficient (Wildman–Crippen LogP) is 2.95. The Morgan fingerprint density at radius 1 is 1.38 bits per heavy atom. The van der Waals surface area contributed by atoms with Crippen molar-refractivity contribution in [3.63, 3.8) is 0 Å². The van der Waals surface area contributed by atoms with Gasteiger partial charge < -0.3 is 5.32 Å². The van der Waals surface area contributed by atoms with Gasteiger partial charge in [0, 0.05) is 11.8 Å². The second-order valence-electron chi connectivity index (χ2n) is 5.91. The molecule has 2 aliphatic carbocycles. The van der Waals surface area contributed by atoms with E-state index in [4.69, 9.17) is 11.6 Å². The number of carbonyl (C=O) groups excluding carboxylic acids is 1. The predicted molar refractivity (Wildman–Crippen MR) is 66.5 cm³/mol. The third-order valence-corrected chi connectivity index (χ3v) is 4.83. The van der Waals surface area contributed by atoms with Crippen LogP contribution < -0.4 is 5.32 Å². The minimum Gasteiger partial charge on any atom is -0.349 e. The van der Waals surface area contributed by atoms with Crippen molar-refractivity contribution >= 4 is 17.5 Å². The minimum absolute atomic E-state index is 0.104. The summed E-state index contributed by atoms with van der Waals surface area (Å²) < 4.78 is 0. The van der Waals surface area contributed by atoms with Crippen molar-refractivity contribution in [3.05, 3.63) is 0 Å². The van der Waals surface area contributed by atoms with Crippen LogP contribution in [-0.4, -0.2) is 17.3 Å². The highest BCUT2D eigenvalue weighted by Gasteiger charge is 2.43. The number of alkyl halides is 1. The Bertz CT molecular complexity index is 271. The van der Waals surface area contributed by atoms with Crippen LogP contribution in [0.5, 0.6) is 0 Å². The summed E-state index contributed by atoms with van der Waals surface area (Å²) in [5, 5.41) is 3.22. The molecule has 2 saturated carbocycles. The molecule has 2 rings (SSSR count). The molecule has 0 aliphatic heterocycles. The molecule has 0 saturated heterocycles. The summed E-state index contributed by atoms with van der Waals surface area (Å²) in [4.78, 5) is 12.0. The molecule has 2 nitrogen and oxygen atoms in total. The van der Waals surface area contributed by atoms with Gasteiger partial charge in [-0.2, -0.15) is 0 Å². The molecule has 0 spiro atoms. The molecule has 0 bridgehead atoms. The van der Waals surface area contributed by atoms with E-state index in [1.807, 2.05) is 0 Å². The van der Waals surface area contributed by atoms with Gasteiger partial charge in [-0.3, -0.25) is 4.79 Å². The largest absolute Gasteiger partial charge is 0.349 e. The van der Waals surface area contributed by atoms with Gasteiger partial charge in [-0.25, -0.2) is 0 Å². The molecule has 2 unspecified atom stereocenters. The van der Waals surface area contributed by atoms with Gasteiger partial charge in [0.2, 0.25) is 5.91 Å². The van der Waals surface area contributed by atoms with E-state index >= 15 is 0 Å². The van der Waals surface area contributed by atoms with Crippen molar-refractivity contribution in [1.82, 2.24) is 5.32 Å². The van der Waals surface area contributed by atoms with E-state index in [-0.39, 0.29) is 17.4 Å². The summed E-state index contributed by atoms with van der Waals surface area (Å²) >= 11 is 6.08. The van der Waals surface area contributed by atoms with Crippen LogP contribution in [-0.2, 0) is 4.79 Å². The van der Waals surface area contributed by atoms with Gasteiger partial charge in [-0.15, -0.1) is 11.6 Å². The molecule has 0 aromatic rings. The second-order valence-corrected chi connectivity index (χ2v) is 6.17. The molecule has 0 aromatic carbocycles. The van der Waals surface area contributed by atoms with E-state index < -0.39 is 0 Å². The lowest BCUT2D eigenvalue weighted by molar-refractivity contribution is -0.124. The molecular weight excluding hydrogens is 222 g/mol. The van der Waals surface area contributed by atoms with E-state index in [0.29, 0.717) is 11.8 Å². The second kappa shape index (κ2) is 4.56. The van der Waals surface area contributed by atoms with Crippen LogP contribution in [0.1, 0.15) is 46.0 Å². The maximum atomic E-state index is 12.0. The highest BCUT2D eigenvalue weighted by atomic mass is 35.5. The molecule has 0 heterocycles. The Labute approximate surface area is 103 Å². The van der Waals surface area contributed by atoms with Crippen molar-refractivity contribution in [1.29, 1.82) is 0 Å². The molecule has 2 fully saturated rings. The highest BCUT2D eigenvalue weighted by molar-refractivity contribution is 6.18. The van der Waals surface area contributed by atoms with Crippen LogP contribution in [0.25, 0.3) is 0 Å². The molecule has 1 amide bonds. The lowest BCUT2D eigenvalue weighted by atomic mass is 9.78. The van der Waals surface area contributed by atoms with E-state index in [1.165, 1.54) is 12.8 Å². The third-order valence-electron chi connectivity index (χ3n) is 4.32. The number of hydrogen-bond donors (Lipinski definition) is 1. The molecule has 92 valence electrons. The van der Waals surface area contributed by atoms with Crippen LogP contribution in [0.4, 0.5) is 0 Å². The van der Waals surface area contributed by atoms with Gasteiger partial charge >= 0.3 is 0 Å². The first kappa shape index (κ1) is 12.2. The molecule has 1 N–H and O–H groups in total. The fraction of sp³-hybridized carbons (Fsp3) is 0.923. The van der Waals surface area contributed by atoms with E-state index in [1.54, 1.807) is 0 Å². The maximum absolute atomic E-state index is 12.0. The van der Waals surface area contributed by atoms with Crippen LogP contribution in [0, 0.1) is 17.8 Å². The van der Waals surface area contributed by atoms with Gasteiger partial charge in [-0.05, 0) is 43.9 Å². The van der Waals surface area contributed by atoms with Crippen LogP contribution in [0.15, 0.2) is 0 Å². The standard InChI is InChI=1S/C13H22ClNO/c1-9-3-5-13(8-14,6-4-9)15-12(16)11-7-10(11)2/h9-11H,3-8H2,1-2H3,(H,15,16). The van der Waals surface area contributed by atoms with Crippen molar-refractivity contribution in [3.8, 4) is 0 Å². The first-order valence-corrected chi connectivity index (χ1v) is 6.98. The maximum Gasteiger partial charge on any atom is 0.223 e. The zero-order valence-electron chi connectivity index (χ0n) is 10.3. The Morgan fingerprint density at radius 3 is 2.38 bits per heavy atom. The number of hydrogen-bond acceptors (Lipinski definition) is 1. The van der Waals surface area contributed by atoms with Crippen LogP contribution >= 0.6 is 11.6 Å². The quantitative estimate of drug-likeness (QED) is 0.759. The lowest BCUT2D eigenvalue weighted by Gasteiger charge is -2.38. The Kier molecular flexibility index (Phi) is 3.48. The van der Waals surface area contributed by atoms with E-state index in [0.717, 1.165) is 25.2 Å². The molecule has 16 heavy (non-hydrogen) atoms. The first-order chi connectivity index (χ1) is 7.56. The number of nitrogens with one attached hydrogen (secondary N) is 1. The van der Waals surface area contributed by atoms with Gasteiger partial charge in [0.15, 0.2) is 0 Å². The molecule has 2 aliphatic rings. The average Bonchev–Trinajstić information content (AvgIpc) is 3.00. The number of amides is 1. The van der Waals surface area contributed by atoms with Crippen molar-refractivity contribution in [2.45, 2.75) is 51.5 Å². The molecule has 0 radical (unpaired) electrons. The average molecular weight is 244 g/mol. The molecule has 2 atom stereocenters. The summed E-state index contributed by atoms with van der Waals surface area (Å²) in [6.45, 7) is 4.42. The van der Waals surface area contributed by atoms with E-state index in [9.17, 15) is 4.79 Å². The fourth-order valence-corrected chi connectivity index (χ4v) is 2.98. The zero-order valence-corrected chi connectivity index (χ0v) is 11.0. The molecule has 3 heteroatoms. The fourth-order valence-electron chi connectivity index (χ4n) is 2.65. The number of carbonyl (C=O) groups is 1. The molecule has 0 aromatic heterocycles. The normalized spacial score (nSPS) is 42.8. The summed E-state index contributed by atoms with van der Waals surface area (Å²) in [6, 6.07) is 0. The lowest BCUT2D eigenvalue weighted by Crippen LogP contribution is -2.52. The number of rotatable bonds is 3. The van der Waals surface area contributed by atoms with Crippen molar-refractivity contribution in [2.75, 3.05) is 5.88 Å². The summed E-state index contributed by atoms with van der Waals surface area (Å²) in [5.74, 6) is 2.43. The van der Waals surface area contributed by atoms with E-state index in [2.05, 4.69) is 19.2 Å². The monoisotopic (exact) mass is 243 g/mol. The van der Waals surface area contributed by atoms with Gasteiger partial charge in [-0.1, -0.05) is 13.8 Å².